The molecule has 3 rings (SSSR count). The van der Waals surface area contributed by atoms with Gasteiger partial charge in [-0.2, -0.15) is 0 Å². The van der Waals surface area contributed by atoms with E-state index in [1.165, 1.54) is 18.3 Å². The number of fused-ring (bicyclic) bond motifs is 1. The van der Waals surface area contributed by atoms with E-state index in [1.54, 1.807) is 18.6 Å². The second-order valence-corrected chi connectivity index (χ2v) is 6.96. The summed E-state index contributed by atoms with van der Waals surface area (Å²) in [7, 11) is 1.62. The van der Waals surface area contributed by atoms with Crippen LogP contribution in [0.15, 0.2) is 28.4 Å². The van der Waals surface area contributed by atoms with Gasteiger partial charge < -0.3 is 4.74 Å². The van der Waals surface area contributed by atoms with Crippen molar-refractivity contribution in [3.8, 4) is 16.9 Å². The van der Waals surface area contributed by atoms with Gasteiger partial charge in [-0.25, -0.2) is 4.98 Å². The number of hydrogen-bond acceptors (Lipinski definition) is 5. The number of aryl methyl sites for hydroxylation is 2. The maximum atomic E-state index is 13.1. The van der Waals surface area contributed by atoms with Crippen molar-refractivity contribution < 1.29 is 9.53 Å². The molecule has 0 fully saturated rings. The molecule has 2 aromatic heterocycles. The third-order valence-electron chi connectivity index (χ3n) is 4.22. The highest BCUT2D eigenvalue weighted by Gasteiger charge is 2.18. The molecule has 0 amide bonds. The van der Waals surface area contributed by atoms with Gasteiger partial charge in [0.1, 0.15) is 22.2 Å². The first-order valence-electron chi connectivity index (χ1n) is 8.05. The summed E-state index contributed by atoms with van der Waals surface area (Å²) < 4.78 is 7.06. The summed E-state index contributed by atoms with van der Waals surface area (Å²) in [5.74, 6) is 1.40. The smallest absolute Gasteiger partial charge is 0.262 e. The molecule has 0 aliphatic carbocycles. The predicted molar refractivity (Wildman–Crippen MR) is 101 cm³/mol. The van der Waals surface area contributed by atoms with E-state index < -0.39 is 0 Å². The minimum absolute atomic E-state index is 0.0530. The third-order valence-corrected chi connectivity index (χ3v) is 5.09. The Bertz CT molecular complexity index is 1020. The topological polar surface area (TPSA) is 61.2 Å². The summed E-state index contributed by atoms with van der Waals surface area (Å²) in [5, 5.41) is 2.54. The van der Waals surface area contributed by atoms with E-state index in [2.05, 4.69) is 4.98 Å². The van der Waals surface area contributed by atoms with Gasteiger partial charge in [0.25, 0.3) is 5.56 Å². The lowest BCUT2D eigenvalue weighted by atomic mass is 10.0. The fourth-order valence-corrected chi connectivity index (χ4v) is 3.86. The number of carbonyl (C=O) groups is 1. The number of benzene rings is 1. The lowest BCUT2D eigenvalue weighted by Gasteiger charge is -2.11. The summed E-state index contributed by atoms with van der Waals surface area (Å²) >= 11 is 1.45. The second-order valence-electron chi connectivity index (χ2n) is 6.10. The van der Waals surface area contributed by atoms with Crippen LogP contribution in [0, 0.1) is 13.8 Å². The summed E-state index contributed by atoms with van der Waals surface area (Å²) in [5.41, 5.74) is 2.69. The van der Waals surface area contributed by atoms with Gasteiger partial charge in [0.2, 0.25) is 0 Å². The van der Waals surface area contributed by atoms with Crippen LogP contribution in [0.25, 0.3) is 21.3 Å². The molecule has 0 saturated heterocycles. The minimum atomic E-state index is -0.108. The average molecular weight is 356 g/mol. The molecule has 6 heteroatoms. The Balaban J connectivity index is 2.25. The van der Waals surface area contributed by atoms with E-state index in [1.807, 2.05) is 30.5 Å². The highest BCUT2D eigenvalue weighted by atomic mass is 32.1. The SMILES string of the molecule is COc1ccc(C)cc1-c1csc2nc(C)n(CCC(C)=O)c(=O)c12. The lowest BCUT2D eigenvalue weighted by Crippen LogP contribution is -2.24. The highest BCUT2D eigenvalue weighted by Crippen LogP contribution is 2.37. The maximum absolute atomic E-state index is 13.1. The molecular weight excluding hydrogens is 336 g/mol. The molecule has 2 heterocycles. The Morgan fingerprint density at radius 1 is 1.28 bits per heavy atom. The largest absolute Gasteiger partial charge is 0.496 e. The van der Waals surface area contributed by atoms with Crippen LogP contribution in [-0.4, -0.2) is 22.4 Å². The molecule has 5 nitrogen and oxygen atoms in total. The normalized spacial score (nSPS) is 11.0. The maximum Gasteiger partial charge on any atom is 0.262 e. The van der Waals surface area contributed by atoms with Gasteiger partial charge in [0, 0.05) is 29.5 Å². The van der Waals surface area contributed by atoms with Crippen LogP contribution in [0.1, 0.15) is 24.7 Å². The number of nitrogens with zero attached hydrogens (tertiary/aromatic N) is 2. The van der Waals surface area contributed by atoms with Gasteiger partial charge in [-0.1, -0.05) is 11.6 Å². The monoisotopic (exact) mass is 356 g/mol. The van der Waals surface area contributed by atoms with Gasteiger partial charge in [-0.3, -0.25) is 14.2 Å². The summed E-state index contributed by atoms with van der Waals surface area (Å²) in [6.07, 6.45) is 0.321. The highest BCUT2D eigenvalue weighted by molar-refractivity contribution is 7.17. The number of thiophene rings is 1. The van der Waals surface area contributed by atoms with E-state index in [4.69, 9.17) is 4.74 Å². The molecule has 0 radical (unpaired) electrons. The zero-order valence-corrected chi connectivity index (χ0v) is 15.6. The standard InChI is InChI=1S/C19H20N2O3S/c1-11-5-6-16(24-4)14(9-11)15-10-25-18-17(15)19(23)21(13(3)20-18)8-7-12(2)22/h5-6,9-10H,7-8H2,1-4H3. The number of hydrogen-bond donors (Lipinski definition) is 0. The van der Waals surface area contributed by atoms with Crippen molar-refractivity contribution in [3.63, 3.8) is 0 Å². The first kappa shape index (κ1) is 17.4. The summed E-state index contributed by atoms with van der Waals surface area (Å²) in [6.45, 7) is 5.68. The number of aromatic nitrogens is 2. The van der Waals surface area contributed by atoms with Crippen molar-refractivity contribution in [2.75, 3.05) is 7.11 Å². The van der Waals surface area contributed by atoms with E-state index >= 15 is 0 Å². The molecule has 0 atom stereocenters. The van der Waals surface area contributed by atoms with E-state index in [0.717, 1.165) is 22.4 Å². The van der Waals surface area contributed by atoms with Gasteiger partial charge in [-0.15, -0.1) is 11.3 Å². The molecule has 0 aliphatic heterocycles. The molecule has 130 valence electrons. The Morgan fingerprint density at radius 2 is 2.04 bits per heavy atom. The molecule has 0 N–H and O–H groups in total. The van der Waals surface area contributed by atoms with Gasteiger partial charge in [0.05, 0.1) is 12.5 Å². The number of carbonyl (C=O) groups excluding carboxylic acids is 1. The molecule has 0 spiro atoms. The van der Waals surface area contributed by atoms with Gasteiger partial charge in [0.15, 0.2) is 0 Å². The van der Waals surface area contributed by atoms with E-state index in [0.29, 0.717) is 29.0 Å². The Kier molecular flexibility index (Phi) is 4.72. The fraction of sp³-hybridized carbons (Fsp3) is 0.316. The Morgan fingerprint density at radius 3 is 2.72 bits per heavy atom. The van der Waals surface area contributed by atoms with Crippen LogP contribution in [0.5, 0.6) is 5.75 Å². The molecule has 1 aromatic carbocycles. The molecule has 25 heavy (non-hydrogen) atoms. The van der Waals surface area contributed by atoms with E-state index in [9.17, 15) is 9.59 Å². The van der Waals surface area contributed by atoms with Crippen LogP contribution in [0.3, 0.4) is 0 Å². The van der Waals surface area contributed by atoms with Crippen molar-refractivity contribution in [2.24, 2.45) is 0 Å². The second kappa shape index (κ2) is 6.80. The van der Waals surface area contributed by atoms with Crippen molar-refractivity contribution in [1.29, 1.82) is 0 Å². The van der Waals surface area contributed by atoms with Crippen molar-refractivity contribution in [1.82, 2.24) is 9.55 Å². The van der Waals surface area contributed by atoms with Crippen LogP contribution >= 0.6 is 11.3 Å². The van der Waals surface area contributed by atoms with Gasteiger partial charge >= 0.3 is 0 Å². The quantitative estimate of drug-likeness (QED) is 0.699. The van der Waals surface area contributed by atoms with Crippen LogP contribution in [0.4, 0.5) is 0 Å². The molecule has 0 unspecified atom stereocenters. The molecule has 0 bridgehead atoms. The van der Waals surface area contributed by atoms with Gasteiger partial charge in [-0.05, 0) is 32.9 Å². The molecule has 0 aliphatic rings. The van der Waals surface area contributed by atoms with Crippen LogP contribution in [0.2, 0.25) is 0 Å². The Hall–Kier alpha value is -2.47. The van der Waals surface area contributed by atoms with Crippen molar-refractivity contribution >= 4 is 27.3 Å². The number of ether oxygens (including phenoxy) is 1. The predicted octanol–water partition coefficient (Wildman–Crippen LogP) is 3.73. The Labute approximate surface area is 149 Å². The number of Topliss-reactive ketones (excluding diaryl/α,β-unsaturated/α-hetero) is 1. The lowest BCUT2D eigenvalue weighted by molar-refractivity contribution is -0.117. The third kappa shape index (κ3) is 3.22. The zero-order chi connectivity index (χ0) is 18.1. The van der Waals surface area contributed by atoms with Crippen LogP contribution in [-0.2, 0) is 11.3 Å². The zero-order valence-electron chi connectivity index (χ0n) is 14.8. The summed E-state index contributed by atoms with van der Waals surface area (Å²) in [4.78, 5) is 29.7. The first-order chi connectivity index (χ1) is 11.9. The average Bonchev–Trinajstić information content (AvgIpc) is 2.98. The molecule has 3 aromatic rings. The fourth-order valence-electron chi connectivity index (χ4n) is 2.89. The summed E-state index contributed by atoms with van der Waals surface area (Å²) in [6, 6.07) is 5.90. The first-order valence-corrected chi connectivity index (χ1v) is 8.93. The minimum Gasteiger partial charge on any atom is -0.496 e. The molecular formula is C19H20N2O3S. The molecule has 0 saturated carbocycles. The van der Waals surface area contributed by atoms with E-state index in [-0.39, 0.29) is 11.3 Å². The number of ketones is 1. The van der Waals surface area contributed by atoms with Crippen molar-refractivity contribution in [2.45, 2.75) is 33.7 Å². The van der Waals surface area contributed by atoms with Crippen LogP contribution < -0.4 is 10.3 Å². The van der Waals surface area contributed by atoms with Crippen molar-refractivity contribution in [3.05, 3.63) is 45.3 Å². The number of methoxy groups -OCH3 is 1. The number of rotatable bonds is 5.